The molecule has 0 saturated carbocycles. The van der Waals surface area contributed by atoms with Gasteiger partial charge in [0.05, 0.1) is 13.2 Å². The first-order chi connectivity index (χ1) is 5.77. The van der Waals surface area contributed by atoms with Crippen LogP contribution in [0, 0.1) is 11.8 Å². The summed E-state index contributed by atoms with van der Waals surface area (Å²) in [5, 5.41) is 0. The number of hydrogen-bond acceptors (Lipinski definition) is 3. The lowest BCUT2D eigenvalue weighted by molar-refractivity contribution is -0.316. The largest absolute Gasteiger partial charge is 0.333 e. The van der Waals surface area contributed by atoms with E-state index in [9.17, 15) is 0 Å². The van der Waals surface area contributed by atoms with Gasteiger partial charge in [0.2, 0.25) is 0 Å². The molecule has 1 unspecified atom stereocenters. The molecule has 72 valence electrons. The minimum absolute atomic E-state index is 0.440. The normalized spacial score (nSPS) is 33.2. The van der Waals surface area contributed by atoms with Gasteiger partial charge in [-0.1, -0.05) is 20.3 Å². The van der Waals surface area contributed by atoms with E-state index < -0.39 is 6.48 Å². The van der Waals surface area contributed by atoms with E-state index in [-0.39, 0.29) is 0 Å². The first kappa shape index (κ1) is 9.96. The maximum atomic E-state index is 5.32. The van der Waals surface area contributed by atoms with Crippen LogP contribution in [0.4, 0.5) is 0 Å². The topological polar surface area (TPSA) is 27.7 Å². The van der Waals surface area contributed by atoms with E-state index >= 15 is 0 Å². The minimum atomic E-state index is -0.440. The summed E-state index contributed by atoms with van der Waals surface area (Å²) in [6.45, 7) is 5.49. The van der Waals surface area contributed by atoms with Gasteiger partial charge in [0, 0.05) is 13.0 Å². The maximum Gasteiger partial charge on any atom is 0.271 e. The maximum absolute atomic E-state index is 5.32. The highest BCUT2D eigenvalue weighted by Crippen LogP contribution is 2.21. The third-order valence-electron chi connectivity index (χ3n) is 2.53. The van der Waals surface area contributed by atoms with Crippen molar-refractivity contribution in [3.05, 3.63) is 0 Å². The lowest BCUT2D eigenvalue weighted by Crippen LogP contribution is -2.35. The van der Waals surface area contributed by atoms with Gasteiger partial charge < -0.3 is 14.2 Å². The van der Waals surface area contributed by atoms with Crippen molar-refractivity contribution in [2.75, 3.05) is 20.3 Å². The SMILES string of the molecule is CCC(C)C1COC(OC)OC1. The van der Waals surface area contributed by atoms with Gasteiger partial charge in [-0.2, -0.15) is 0 Å². The van der Waals surface area contributed by atoms with E-state index in [1.165, 1.54) is 6.42 Å². The Morgan fingerprint density at radius 2 is 2.00 bits per heavy atom. The first-order valence-electron chi connectivity index (χ1n) is 4.54. The molecule has 1 heterocycles. The summed E-state index contributed by atoms with van der Waals surface area (Å²) in [6.07, 6.45) is 1.18. The number of ether oxygens (including phenoxy) is 3. The van der Waals surface area contributed by atoms with E-state index in [2.05, 4.69) is 13.8 Å². The molecule has 0 radical (unpaired) electrons. The zero-order valence-corrected chi connectivity index (χ0v) is 8.08. The lowest BCUT2D eigenvalue weighted by atomic mass is 9.93. The third-order valence-corrected chi connectivity index (χ3v) is 2.53. The van der Waals surface area contributed by atoms with Gasteiger partial charge in [-0.25, -0.2) is 0 Å². The summed E-state index contributed by atoms with van der Waals surface area (Å²) in [5.41, 5.74) is 0. The summed E-state index contributed by atoms with van der Waals surface area (Å²) in [6, 6.07) is 0. The number of methoxy groups -OCH3 is 1. The Bertz CT molecular complexity index is 119. The van der Waals surface area contributed by atoms with E-state index in [0.29, 0.717) is 11.8 Å². The molecule has 1 fully saturated rings. The Kier molecular flexibility index (Phi) is 3.98. The summed E-state index contributed by atoms with van der Waals surface area (Å²) >= 11 is 0. The zero-order valence-electron chi connectivity index (χ0n) is 8.08. The number of hydrogen-bond donors (Lipinski definition) is 0. The molecule has 1 saturated heterocycles. The fraction of sp³-hybridized carbons (Fsp3) is 1.00. The van der Waals surface area contributed by atoms with Crippen molar-refractivity contribution in [1.29, 1.82) is 0 Å². The second-order valence-corrected chi connectivity index (χ2v) is 3.34. The van der Waals surface area contributed by atoms with Crippen LogP contribution >= 0.6 is 0 Å². The first-order valence-corrected chi connectivity index (χ1v) is 4.54. The van der Waals surface area contributed by atoms with Crippen LogP contribution in [0.5, 0.6) is 0 Å². The van der Waals surface area contributed by atoms with Gasteiger partial charge in [0.1, 0.15) is 0 Å². The molecule has 0 aromatic rings. The van der Waals surface area contributed by atoms with Crippen molar-refractivity contribution in [3.63, 3.8) is 0 Å². The summed E-state index contributed by atoms with van der Waals surface area (Å²) in [7, 11) is 1.59. The zero-order chi connectivity index (χ0) is 8.97. The molecule has 1 atom stereocenters. The van der Waals surface area contributed by atoms with Gasteiger partial charge in [0.15, 0.2) is 0 Å². The van der Waals surface area contributed by atoms with Crippen molar-refractivity contribution in [2.24, 2.45) is 11.8 Å². The molecule has 0 aromatic carbocycles. The molecule has 3 heteroatoms. The molecular weight excluding hydrogens is 156 g/mol. The van der Waals surface area contributed by atoms with Gasteiger partial charge in [0.25, 0.3) is 6.48 Å². The van der Waals surface area contributed by atoms with Crippen molar-refractivity contribution in [3.8, 4) is 0 Å². The smallest absolute Gasteiger partial charge is 0.271 e. The lowest BCUT2D eigenvalue weighted by Gasteiger charge is -2.31. The summed E-state index contributed by atoms with van der Waals surface area (Å²) < 4.78 is 15.5. The second-order valence-electron chi connectivity index (χ2n) is 3.34. The Morgan fingerprint density at radius 3 is 2.42 bits per heavy atom. The van der Waals surface area contributed by atoms with E-state index in [1.54, 1.807) is 7.11 Å². The molecule has 1 aliphatic heterocycles. The van der Waals surface area contributed by atoms with Crippen LogP contribution in [-0.2, 0) is 14.2 Å². The summed E-state index contributed by atoms with van der Waals surface area (Å²) in [4.78, 5) is 0. The van der Waals surface area contributed by atoms with Crippen LogP contribution in [-0.4, -0.2) is 26.8 Å². The predicted molar refractivity (Wildman–Crippen MR) is 45.6 cm³/mol. The Labute approximate surface area is 74.0 Å². The highest BCUT2D eigenvalue weighted by atomic mass is 16.8. The molecule has 1 rings (SSSR count). The van der Waals surface area contributed by atoms with Crippen molar-refractivity contribution in [2.45, 2.75) is 26.7 Å². The molecule has 0 bridgehead atoms. The molecule has 1 aliphatic rings. The van der Waals surface area contributed by atoms with Crippen LogP contribution in [0.1, 0.15) is 20.3 Å². The van der Waals surface area contributed by atoms with Gasteiger partial charge in [-0.15, -0.1) is 0 Å². The second kappa shape index (κ2) is 4.80. The van der Waals surface area contributed by atoms with Gasteiger partial charge in [-0.3, -0.25) is 0 Å². The van der Waals surface area contributed by atoms with E-state index in [1.807, 2.05) is 0 Å². The van der Waals surface area contributed by atoms with E-state index in [4.69, 9.17) is 14.2 Å². The minimum Gasteiger partial charge on any atom is -0.333 e. The van der Waals surface area contributed by atoms with E-state index in [0.717, 1.165) is 13.2 Å². The molecule has 3 nitrogen and oxygen atoms in total. The van der Waals surface area contributed by atoms with Gasteiger partial charge in [-0.05, 0) is 5.92 Å². The molecule has 12 heavy (non-hydrogen) atoms. The highest BCUT2D eigenvalue weighted by Gasteiger charge is 2.25. The van der Waals surface area contributed by atoms with Crippen molar-refractivity contribution in [1.82, 2.24) is 0 Å². The van der Waals surface area contributed by atoms with Crippen molar-refractivity contribution < 1.29 is 14.2 Å². The average molecular weight is 174 g/mol. The summed E-state index contributed by atoms with van der Waals surface area (Å²) in [5.74, 6) is 1.20. The average Bonchev–Trinajstić information content (AvgIpc) is 2.17. The molecule has 0 aromatic heterocycles. The monoisotopic (exact) mass is 174 g/mol. The molecule has 0 aliphatic carbocycles. The Hall–Kier alpha value is -0.120. The fourth-order valence-electron chi connectivity index (χ4n) is 1.30. The molecule has 0 amide bonds. The molecular formula is C9H18O3. The van der Waals surface area contributed by atoms with Crippen LogP contribution < -0.4 is 0 Å². The molecule has 0 spiro atoms. The van der Waals surface area contributed by atoms with Crippen LogP contribution in [0.2, 0.25) is 0 Å². The third kappa shape index (κ3) is 2.44. The Balaban J connectivity index is 2.25. The van der Waals surface area contributed by atoms with Crippen LogP contribution in [0.25, 0.3) is 0 Å². The van der Waals surface area contributed by atoms with Crippen molar-refractivity contribution >= 4 is 0 Å². The molecule has 0 N–H and O–H groups in total. The quantitative estimate of drug-likeness (QED) is 0.650. The Morgan fingerprint density at radius 1 is 1.42 bits per heavy atom. The predicted octanol–water partition coefficient (Wildman–Crippen LogP) is 1.63. The standard InChI is InChI=1S/C9H18O3/c1-4-7(2)8-5-11-9(10-3)12-6-8/h7-9H,4-6H2,1-3H3. The van der Waals surface area contributed by atoms with Crippen LogP contribution in [0.15, 0.2) is 0 Å². The fourth-order valence-corrected chi connectivity index (χ4v) is 1.30. The highest BCUT2D eigenvalue weighted by molar-refractivity contribution is 4.66. The van der Waals surface area contributed by atoms with Crippen LogP contribution in [0.3, 0.4) is 0 Å². The van der Waals surface area contributed by atoms with Gasteiger partial charge >= 0.3 is 0 Å². The number of rotatable bonds is 3.